The summed E-state index contributed by atoms with van der Waals surface area (Å²) in [7, 11) is 1.89. The van der Waals surface area contributed by atoms with E-state index in [-0.39, 0.29) is 18.1 Å². The van der Waals surface area contributed by atoms with Crippen LogP contribution in [0.25, 0.3) is 0 Å². The molecule has 0 spiro atoms. The monoisotopic (exact) mass is 227 g/mol. The van der Waals surface area contributed by atoms with E-state index in [2.05, 4.69) is 10.6 Å². The maximum absolute atomic E-state index is 12.3. The molecule has 2 rings (SSSR count). The summed E-state index contributed by atoms with van der Waals surface area (Å²) in [5, 5.41) is 6.51. The standard InChI is InChI=1S/C11H21N3O2/c1-8-10(13-5-6-16-8)11(15)14(2)9-3-4-12-7-9/h8-10,12-13H,3-7H2,1-2H3/t8-,9?,10+/m1/s1. The molecule has 2 fully saturated rings. The summed E-state index contributed by atoms with van der Waals surface area (Å²) < 4.78 is 5.50. The number of nitrogens with one attached hydrogen (secondary N) is 2. The van der Waals surface area contributed by atoms with Crippen LogP contribution in [0.2, 0.25) is 0 Å². The largest absolute Gasteiger partial charge is 0.375 e. The van der Waals surface area contributed by atoms with Crippen LogP contribution in [0.4, 0.5) is 0 Å². The van der Waals surface area contributed by atoms with Crippen LogP contribution in [-0.4, -0.2) is 62.3 Å². The predicted molar refractivity (Wildman–Crippen MR) is 61.2 cm³/mol. The molecule has 0 aromatic heterocycles. The van der Waals surface area contributed by atoms with Gasteiger partial charge in [0, 0.05) is 26.2 Å². The summed E-state index contributed by atoms with van der Waals surface area (Å²) in [6.07, 6.45) is 1.02. The predicted octanol–water partition coefficient (Wildman–Crippen LogP) is -0.816. The fraction of sp³-hybridized carbons (Fsp3) is 0.909. The highest BCUT2D eigenvalue weighted by molar-refractivity contribution is 5.82. The number of nitrogens with zero attached hydrogens (tertiary/aromatic N) is 1. The van der Waals surface area contributed by atoms with Gasteiger partial charge in [-0.1, -0.05) is 0 Å². The molecular formula is C11H21N3O2. The van der Waals surface area contributed by atoms with Gasteiger partial charge in [-0.2, -0.15) is 0 Å². The Labute approximate surface area is 96.5 Å². The van der Waals surface area contributed by atoms with Gasteiger partial charge in [0.1, 0.15) is 6.04 Å². The molecule has 0 radical (unpaired) electrons. The minimum atomic E-state index is -0.181. The number of ether oxygens (including phenoxy) is 1. The van der Waals surface area contributed by atoms with E-state index < -0.39 is 0 Å². The molecule has 5 heteroatoms. The molecule has 5 nitrogen and oxygen atoms in total. The fourth-order valence-electron chi connectivity index (χ4n) is 2.38. The molecule has 0 saturated carbocycles. The third-order valence-corrected chi connectivity index (χ3v) is 3.51. The topological polar surface area (TPSA) is 53.6 Å². The van der Waals surface area contributed by atoms with Crippen LogP contribution in [0.1, 0.15) is 13.3 Å². The Bertz CT molecular complexity index is 254. The van der Waals surface area contributed by atoms with Crippen molar-refractivity contribution >= 4 is 5.91 Å². The van der Waals surface area contributed by atoms with Crippen molar-refractivity contribution in [2.75, 3.05) is 33.3 Å². The first-order chi connectivity index (χ1) is 7.70. The summed E-state index contributed by atoms with van der Waals surface area (Å²) >= 11 is 0. The fourth-order valence-corrected chi connectivity index (χ4v) is 2.38. The smallest absolute Gasteiger partial charge is 0.242 e. The zero-order valence-corrected chi connectivity index (χ0v) is 10.0. The van der Waals surface area contributed by atoms with Crippen molar-refractivity contribution in [3.05, 3.63) is 0 Å². The summed E-state index contributed by atoms with van der Waals surface area (Å²) in [5.74, 6) is 0.154. The van der Waals surface area contributed by atoms with Gasteiger partial charge in [0.25, 0.3) is 0 Å². The Kier molecular flexibility index (Phi) is 3.78. The number of hydrogen-bond acceptors (Lipinski definition) is 4. The van der Waals surface area contributed by atoms with E-state index in [1.54, 1.807) is 0 Å². The van der Waals surface area contributed by atoms with Crippen molar-refractivity contribution in [3.63, 3.8) is 0 Å². The second-order valence-corrected chi connectivity index (χ2v) is 4.60. The van der Waals surface area contributed by atoms with Crippen molar-refractivity contribution in [2.45, 2.75) is 31.5 Å². The molecule has 2 aliphatic heterocycles. The van der Waals surface area contributed by atoms with E-state index >= 15 is 0 Å². The average Bonchev–Trinajstić information content (AvgIpc) is 2.81. The number of likely N-dealkylation sites (N-methyl/N-ethyl adjacent to an activating group) is 1. The number of rotatable bonds is 2. The van der Waals surface area contributed by atoms with Crippen molar-refractivity contribution in [1.29, 1.82) is 0 Å². The van der Waals surface area contributed by atoms with Crippen molar-refractivity contribution in [2.24, 2.45) is 0 Å². The molecule has 0 aromatic carbocycles. The molecule has 16 heavy (non-hydrogen) atoms. The van der Waals surface area contributed by atoms with E-state index in [1.807, 2.05) is 18.9 Å². The molecule has 3 atom stereocenters. The first-order valence-electron chi connectivity index (χ1n) is 6.02. The van der Waals surface area contributed by atoms with Gasteiger partial charge in [-0.15, -0.1) is 0 Å². The quantitative estimate of drug-likeness (QED) is 0.647. The molecule has 2 heterocycles. The molecule has 2 N–H and O–H groups in total. The summed E-state index contributed by atoms with van der Waals surface area (Å²) in [6.45, 7) is 5.32. The van der Waals surface area contributed by atoms with Gasteiger partial charge in [-0.25, -0.2) is 0 Å². The lowest BCUT2D eigenvalue weighted by Crippen LogP contribution is -2.57. The number of amides is 1. The number of carbonyl (C=O) groups is 1. The summed E-state index contributed by atoms with van der Waals surface area (Å²) in [4.78, 5) is 14.1. The van der Waals surface area contributed by atoms with Gasteiger partial charge in [-0.05, 0) is 19.9 Å². The lowest BCUT2D eigenvalue weighted by Gasteiger charge is -2.34. The number of morpholine rings is 1. The highest BCUT2D eigenvalue weighted by Gasteiger charge is 2.33. The Morgan fingerprint density at radius 3 is 2.88 bits per heavy atom. The molecule has 0 aliphatic carbocycles. The first kappa shape index (κ1) is 11.8. The van der Waals surface area contributed by atoms with Crippen LogP contribution in [-0.2, 0) is 9.53 Å². The molecular weight excluding hydrogens is 206 g/mol. The van der Waals surface area contributed by atoms with E-state index in [4.69, 9.17) is 4.74 Å². The van der Waals surface area contributed by atoms with Gasteiger partial charge in [0.15, 0.2) is 0 Å². The van der Waals surface area contributed by atoms with E-state index in [0.29, 0.717) is 12.6 Å². The second kappa shape index (κ2) is 5.12. The summed E-state index contributed by atoms with van der Waals surface area (Å²) in [6, 6.07) is 0.155. The van der Waals surface area contributed by atoms with Crippen molar-refractivity contribution in [3.8, 4) is 0 Å². The summed E-state index contributed by atoms with van der Waals surface area (Å²) in [5.41, 5.74) is 0. The van der Waals surface area contributed by atoms with Crippen molar-refractivity contribution in [1.82, 2.24) is 15.5 Å². The lowest BCUT2D eigenvalue weighted by molar-refractivity contribution is -0.139. The Hall–Kier alpha value is -0.650. The van der Waals surface area contributed by atoms with Crippen LogP contribution in [0.5, 0.6) is 0 Å². The maximum atomic E-state index is 12.3. The second-order valence-electron chi connectivity index (χ2n) is 4.60. The van der Waals surface area contributed by atoms with E-state index in [1.165, 1.54) is 0 Å². The van der Waals surface area contributed by atoms with Gasteiger partial charge < -0.3 is 20.3 Å². The van der Waals surface area contributed by atoms with Crippen molar-refractivity contribution < 1.29 is 9.53 Å². The molecule has 2 aliphatic rings. The zero-order chi connectivity index (χ0) is 11.5. The van der Waals surface area contributed by atoms with Crippen LogP contribution < -0.4 is 10.6 Å². The van der Waals surface area contributed by atoms with Gasteiger partial charge in [-0.3, -0.25) is 4.79 Å². The highest BCUT2D eigenvalue weighted by atomic mass is 16.5. The Morgan fingerprint density at radius 2 is 2.25 bits per heavy atom. The first-order valence-corrected chi connectivity index (χ1v) is 6.02. The Morgan fingerprint density at radius 1 is 1.44 bits per heavy atom. The average molecular weight is 227 g/mol. The van der Waals surface area contributed by atoms with Gasteiger partial charge >= 0.3 is 0 Å². The zero-order valence-electron chi connectivity index (χ0n) is 10.0. The van der Waals surface area contributed by atoms with Crippen LogP contribution in [0.15, 0.2) is 0 Å². The maximum Gasteiger partial charge on any atom is 0.242 e. The normalized spacial score (nSPS) is 35.0. The lowest BCUT2D eigenvalue weighted by atomic mass is 10.1. The minimum Gasteiger partial charge on any atom is -0.375 e. The molecule has 1 amide bonds. The minimum absolute atomic E-state index is 0.0296. The van der Waals surface area contributed by atoms with Crippen LogP contribution >= 0.6 is 0 Å². The Balaban J connectivity index is 1.94. The van der Waals surface area contributed by atoms with Gasteiger partial charge in [0.05, 0.1) is 12.7 Å². The number of carbonyl (C=O) groups excluding carboxylic acids is 1. The van der Waals surface area contributed by atoms with Crippen LogP contribution in [0, 0.1) is 0 Å². The molecule has 0 bridgehead atoms. The SMILES string of the molecule is C[C@H]1OCCN[C@@H]1C(=O)N(C)C1CCNC1. The third-order valence-electron chi connectivity index (χ3n) is 3.51. The van der Waals surface area contributed by atoms with Crippen LogP contribution in [0.3, 0.4) is 0 Å². The molecule has 92 valence electrons. The molecule has 1 unspecified atom stereocenters. The van der Waals surface area contributed by atoms with E-state index in [0.717, 1.165) is 26.1 Å². The number of hydrogen-bond donors (Lipinski definition) is 2. The van der Waals surface area contributed by atoms with E-state index in [9.17, 15) is 4.79 Å². The molecule has 0 aromatic rings. The van der Waals surface area contributed by atoms with Gasteiger partial charge in [0.2, 0.25) is 5.91 Å². The molecule has 2 saturated heterocycles. The highest BCUT2D eigenvalue weighted by Crippen LogP contribution is 2.12. The third kappa shape index (κ3) is 2.36.